The maximum absolute atomic E-state index is 11.8. The highest BCUT2D eigenvalue weighted by Gasteiger charge is 2.11. The van der Waals surface area contributed by atoms with Crippen LogP contribution in [0.5, 0.6) is 0 Å². The summed E-state index contributed by atoms with van der Waals surface area (Å²) in [6.45, 7) is 4.73. The van der Waals surface area contributed by atoms with Gasteiger partial charge in [0, 0.05) is 4.90 Å². The minimum atomic E-state index is -0.217. The number of ether oxygens (including phenoxy) is 1. The molecule has 1 aromatic carbocycles. The van der Waals surface area contributed by atoms with Crippen LogP contribution in [0.2, 0.25) is 0 Å². The van der Waals surface area contributed by atoms with Gasteiger partial charge in [0.1, 0.15) is 0 Å². The van der Waals surface area contributed by atoms with Crippen molar-refractivity contribution in [3.63, 3.8) is 0 Å². The molecule has 0 fully saturated rings. The van der Waals surface area contributed by atoms with Gasteiger partial charge in [-0.2, -0.15) is 0 Å². The predicted molar refractivity (Wildman–Crippen MR) is 68.0 cm³/mol. The Hall–Kier alpha value is -0.960. The fourth-order valence-electron chi connectivity index (χ4n) is 1.28. The van der Waals surface area contributed by atoms with E-state index in [1.54, 1.807) is 11.8 Å². The van der Waals surface area contributed by atoms with Crippen molar-refractivity contribution in [2.45, 2.75) is 25.2 Å². The van der Waals surface area contributed by atoms with E-state index in [-0.39, 0.29) is 5.97 Å². The molecule has 0 aliphatic rings. The number of esters is 1. The highest BCUT2D eigenvalue weighted by molar-refractivity contribution is 7.98. The number of hydrogen-bond donors (Lipinski definition) is 0. The fraction of sp³-hybridized carbons (Fsp3) is 0.462. The Morgan fingerprint density at radius 3 is 2.69 bits per heavy atom. The van der Waals surface area contributed by atoms with Crippen LogP contribution in [-0.2, 0) is 4.74 Å². The van der Waals surface area contributed by atoms with Gasteiger partial charge in [0.05, 0.1) is 12.2 Å². The minimum Gasteiger partial charge on any atom is -0.462 e. The molecule has 0 saturated heterocycles. The topological polar surface area (TPSA) is 26.3 Å². The molecule has 0 radical (unpaired) electrons. The first-order chi connectivity index (χ1) is 7.65. The lowest BCUT2D eigenvalue weighted by Gasteiger charge is -2.08. The Kier molecular flexibility index (Phi) is 5.39. The molecule has 1 aromatic rings. The highest BCUT2D eigenvalue weighted by Crippen LogP contribution is 2.20. The molecule has 0 N–H and O–H groups in total. The van der Waals surface area contributed by atoms with Crippen LogP contribution >= 0.6 is 11.8 Å². The Balaban J connectivity index is 2.59. The molecule has 0 spiro atoms. The largest absolute Gasteiger partial charge is 0.462 e. The maximum atomic E-state index is 11.8. The highest BCUT2D eigenvalue weighted by atomic mass is 32.2. The van der Waals surface area contributed by atoms with E-state index in [1.807, 2.05) is 30.5 Å². The molecule has 1 rings (SSSR count). The third kappa shape index (κ3) is 3.89. The molecule has 3 heteroatoms. The second kappa shape index (κ2) is 6.59. The lowest BCUT2D eigenvalue weighted by molar-refractivity contribution is 0.0484. The maximum Gasteiger partial charge on any atom is 0.339 e. The van der Waals surface area contributed by atoms with Crippen molar-refractivity contribution in [1.82, 2.24) is 0 Å². The van der Waals surface area contributed by atoms with Gasteiger partial charge < -0.3 is 4.74 Å². The van der Waals surface area contributed by atoms with E-state index in [4.69, 9.17) is 4.74 Å². The zero-order valence-electron chi connectivity index (χ0n) is 10.0. The standard InChI is InChI=1S/C13H18O2S/c1-10(2)8-9-15-13(14)11-6-4-5-7-12(11)16-3/h4-7,10H,8-9H2,1-3H3. The molecular weight excluding hydrogens is 220 g/mol. The van der Waals surface area contributed by atoms with Crippen molar-refractivity contribution >= 4 is 17.7 Å². The van der Waals surface area contributed by atoms with Crippen molar-refractivity contribution in [1.29, 1.82) is 0 Å². The summed E-state index contributed by atoms with van der Waals surface area (Å²) in [5.74, 6) is 0.342. The van der Waals surface area contributed by atoms with E-state index in [1.165, 1.54) is 0 Å². The molecule has 0 aliphatic carbocycles. The molecule has 0 aromatic heterocycles. The van der Waals surface area contributed by atoms with E-state index >= 15 is 0 Å². The molecule has 16 heavy (non-hydrogen) atoms. The Labute approximate surface area is 101 Å². The summed E-state index contributed by atoms with van der Waals surface area (Å²) in [6.07, 6.45) is 2.87. The van der Waals surface area contributed by atoms with Crippen molar-refractivity contribution in [3.05, 3.63) is 29.8 Å². The summed E-state index contributed by atoms with van der Waals surface area (Å²) in [7, 11) is 0. The second-order valence-electron chi connectivity index (χ2n) is 4.02. The Bertz CT molecular complexity index is 348. The molecule has 0 amide bonds. The molecule has 88 valence electrons. The van der Waals surface area contributed by atoms with Crippen LogP contribution in [-0.4, -0.2) is 18.8 Å². The third-order valence-corrected chi connectivity index (χ3v) is 3.05. The first kappa shape index (κ1) is 13.1. The monoisotopic (exact) mass is 238 g/mol. The van der Waals surface area contributed by atoms with Crippen LogP contribution in [0.3, 0.4) is 0 Å². The lowest BCUT2D eigenvalue weighted by Crippen LogP contribution is -2.09. The van der Waals surface area contributed by atoms with Gasteiger partial charge >= 0.3 is 5.97 Å². The zero-order chi connectivity index (χ0) is 12.0. The number of rotatable bonds is 5. The zero-order valence-corrected chi connectivity index (χ0v) is 10.8. The van der Waals surface area contributed by atoms with Crippen LogP contribution in [0.1, 0.15) is 30.6 Å². The molecule has 2 nitrogen and oxygen atoms in total. The normalized spacial score (nSPS) is 10.5. The minimum absolute atomic E-state index is 0.217. The van der Waals surface area contributed by atoms with Crippen LogP contribution < -0.4 is 0 Å². The van der Waals surface area contributed by atoms with E-state index in [2.05, 4.69) is 13.8 Å². The SMILES string of the molecule is CSc1ccccc1C(=O)OCCC(C)C. The molecule has 0 saturated carbocycles. The van der Waals surface area contributed by atoms with E-state index in [9.17, 15) is 4.79 Å². The van der Waals surface area contributed by atoms with Crippen molar-refractivity contribution in [3.8, 4) is 0 Å². The Morgan fingerprint density at radius 1 is 1.38 bits per heavy atom. The summed E-state index contributed by atoms with van der Waals surface area (Å²) in [6, 6.07) is 7.53. The smallest absolute Gasteiger partial charge is 0.339 e. The molecule has 0 aliphatic heterocycles. The number of thioether (sulfide) groups is 1. The predicted octanol–water partition coefficient (Wildman–Crippen LogP) is 3.61. The van der Waals surface area contributed by atoms with Gasteiger partial charge in [-0.3, -0.25) is 0 Å². The van der Waals surface area contributed by atoms with Gasteiger partial charge in [0.25, 0.3) is 0 Å². The first-order valence-electron chi connectivity index (χ1n) is 5.45. The van der Waals surface area contributed by atoms with E-state index < -0.39 is 0 Å². The fourth-order valence-corrected chi connectivity index (χ4v) is 1.86. The third-order valence-electron chi connectivity index (χ3n) is 2.26. The van der Waals surface area contributed by atoms with Crippen LogP contribution in [0.15, 0.2) is 29.2 Å². The number of carbonyl (C=O) groups is 1. The summed E-state index contributed by atoms with van der Waals surface area (Å²) in [5, 5.41) is 0. The first-order valence-corrected chi connectivity index (χ1v) is 6.67. The molecule has 0 unspecified atom stereocenters. The van der Waals surface area contributed by atoms with Gasteiger partial charge in [-0.1, -0.05) is 26.0 Å². The molecule has 0 atom stereocenters. The second-order valence-corrected chi connectivity index (χ2v) is 4.87. The number of carbonyl (C=O) groups excluding carboxylic acids is 1. The lowest BCUT2D eigenvalue weighted by atomic mass is 10.1. The van der Waals surface area contributed by atoms with E-state index in [0.29, 0.717) is 18.1 Å². The molecule has 0 heterocycles. The van der Waals surface area contributed by atoms with Crippen molar-refractivity contribution < 1.29 is 9.53 Å². The van der Waals surface area contributed by atoms with Gasteiger partial charge in [-0.15, -0.1) is 11.8 Å². The van der Waals surface area contributed by atoms with Gasteiger partial charge in [0.15, 0.2) is 0 Å². The van der Waals surface area contributed by atoms with Gasteiger partial charge in [-0.25, -0.2) is 4.79 Å². The van der Waals surface area contributed by atoms with Crippen LogP contribution in [0.4, 0.5) is 0 Å². The van der Waals surface area contributed by atoms with Crippen LogP contribution in [0.25, 0.3) is 0 Å². The quantitative estimate of drug-likeness (QED) is 0.579. The Morgan fingerprint density at radius 2 is 2.06 bits per heavy atom. The van der Waals surface area contributed by atoms with Crippen molar-refractivity contribution in [2.24, 2.45) is 5.92 Å². The molecule has 0 bridgehead atoms. The average molecular weight is 238 g/mol. The van der Waals surface area contributed by atoms with Crippen LogP contribution in [0, 0.1) is 5.92 Å². The van der Waals surface area contributed by atoms with Crippen molar-refractivity contribution in [2.75, 3.05) is 12.9 Å². The van der Waals surface area contributed by atoms with Gasteiger partial charge in [-0.05, 0) is 30.7 Å². The summed E-state index contributed by atoms with van der Waals surface area (Å²) in [4.78, 5) is 12.7. The summed E-state index contributed by atoms with van der Waals surface area (Å²) in [5.41, 5.74) is 0.666. The average Bonchev–Trinajstić information content (AvgIpc) is 2.28. The summed E-state index contributed by atoms with van der Waals surface area (Å²) < 4.78 is 5.23. The van der Waals surface area contributed by atoms with Gasteiger partial charge in [0.2, 0.25) is 0 Å². The summed E-state index contributed by atoms with van der Waals surface area (Å²) >= 11 is 1.56. The molecular formula is C13H18O2S. The van der Waals surface area contributed by atoms with E-state index in [0.717, 1.165) is 11.3 Å². The number of hydrogen-bond acceptors (Lipinski definition) is 3. The number of benzene rings is 1.